The van der Waals surface area contributed by atoms with Crippen LogP contribution in [0.5, 0.6) is 0 Å². The summed E-state index contributed by atoms with van der Waals surface area (Å²) >= 11 is 1.35. The zero-order valence-electron chi connectivity index (χ0n) is 16.9. The van der Waals surface area contributed by atoms with Gasteiger partial charge in [-0.1, -0.05) is 18.2 Å². The molecule has 158 valence electrons. The fourth-order valence-electron chi connectivity index (χ4n) is 3.16. The van der Waals surface area contributed by atoms with E-state index in [9.17, 15) is 14.0 Å². The number of thiophene rings is 1. The molecule has 0 aliphatic rings. The SMILES string of the molecule is CNC(=O)Nc1cccc(NC(=O)c2cc3c(C)nn(Cc4ccc(F)cc4)c3s2)c1. The number of aryl methyl sites for hydroxylation is 1. The van der Waals surface area contributed by atoms with Crippen molar-refractivity contribution in [3.05, 3.63) is 76.5 Å². The number of anilines is 2. The van der Waals surface area contributed by atoms with Crippen LogP contribution in [0.2, 0.25) is 0 Å². The summed E-state index contributed by atoms with van der Waals surface area (Å²) in [5, 5.41) is 13.5. The number of hydrogen-bond donors (Lipinski definition) is 3. The van der Waals surface area contributed by atoms with Crippen molar-refractivity contribution in [2.75, 3.05) is 17.7 Å². The van der Waals surface area contributed by atoms with Gasteiger partial charge >= 0.3 is 6.03 Å². The molecule has 0 unspecified atom stereocenters. The first kappa shape index (κ1) is 20.5. The van der Waals surface area contributed by atoms with Gasteiger partial charge in [0.05, 0.1) is 17.1 Å². The van der Waals surface area contributed by atoms with E-state index in [2.05, 4.69) is 21.0 Å². The van der Waals surface area contributed by atoms with Crippen LogP contribution in [0, 0.1) is 12.7 Å². The molecule has 2 heterocycles. The van der Waals surface area contributed by atoms with Gasteiger partial charge in [-0.25, -0.2) is 9.18 Å². The summed E-state index contributed by atoms with van der Waals surface area (Å²) in [7, 11) is 1.53. The summed E-state index contributed by atoms with van der Waals surface area (Å²) in [6.45, 7) is 2.38. The molecule has 0 spiro atoms. The number of aromatic nitrogens is 2. The predicted molar refractivity (Wildman–Crippen MR) is 120 cm³/mol. The Morgan fingerprint density at radius 1 is 1.06 bits per heavy atom. The number of carbonyl (C=O) groups excluding carboxylic acids is 2. The normalized spacial score (nSPS) is 10.8. The van der Waals surface area contributed by atoms with E-state index < -0.39 is 0 Å². The van der Waals surface area contributed by atoms with Crippen molar-refractivity contribution in [3.8, 4) is 0 Å². The third-order valence-electron chi connectivity index (χ3n) is 4.68. The molecule has 31 heavy (non-hydrogen) atoms. The highest BCUT2D eigenvalue weighted by atomic mass is 32.1. The fraction of sp³-hybridized carbons (Fsp3) is 0.136. The lowest BCUT2D eigenvalue weighted by molar-refractivity contribution is 0.103. The smallest absolute Gasteiger partial charge is 0.318 e. The molecular formula is C22H20FN5O2S. The van der Waals surface area contributed by atoms with E-state index in [0.29, 0.717) is 22.8 Å². The molecule has 3 N–H and O–H groups in total. The van der Waals surface area contributed by atoms with E-state index in [-0.39, 0.29) is 17.8 Å². The van der Waals surface area contributed by atoms with Gasteiger partial charge in [0, 0.05) is 23.8 Å². The Morgan fingerprint density at radius 2 is 1.77 bits per heavy atom. The summed E-state index contributed by atoms with van der Waals surface area (Å²) in [6, 6.07) is 14.7. The van der Waals surface area contributed by atoms with Crippen molar-refractivity contribution in [3.63, 3.8) is 0 Å². The van der Waals surface area contributed by atoms with Gasteiger partial charge in [-0.2, -0.15) is 5.10 Å². The van der Waals surface area contributed by atoms with Crippen LogP contribution in [-0.2, 0) is 6.54 Å². The first-order valence-corrected chi connectivity index (χ1v) is 10.4. The van der Waals surface area contributed by atoms with Crippen LogP contribution in [0.4, 0.5) is 20.6 Å². The van der Waals surface area contributed by atoms with Crippen LogP contribution >= 0.6 is 11.3 Å². The first-order valence-electron chi connectivity index (χ1n) is 9.54. The van der Waals surface area contributed by atoms with Gasteiger partial charge in [-0.15, -0.1) is 11.3 Å². The van der Waals surface area contributed by atoms with Gasteiger partial charge in [-0.05, 0) is 48.9 Å². The molecule has 0 atom stereocenters. The average Bonchev–Trinajstić information content (AvgIpc) is 3.31. The van der Waals surface area contributed by atoms with E-state index in [1.165, 1.54) is 30.5 Å². The Labute approximate surface area is 181 Å². The standard InChI is InChI=1S/C22H20FN5O2S/c1-13-18-11-19(20(29)25-16-4-3-5-17(10-16)26-22(30)24-2)31-21(18)28(27-13)12-14-6-8-15(23)9-7-14/h3-11H,12H2,1-2H3,(H,25,29)(H2,24,26,30). The molecule has 3 amide bonds. The van der Waals surface area contributed by atoms with Crippen LogP contribution in [-0.4, -0.2) is 28.8 Å². The number of amides is 3. The number of fused-ring (bicyclic) bond motifs is 1. The quantitative estimate of drug-likeness (QED) is 0.426. The monoisotopic (exact) mass is 437 g/mol. The van der Waals surface area contributed by atoms with Gasteiger partial charge in [0.2, 0.25) is 0 Å². The van der Waals surface area contributed by atoms with Gasteiger partial charge in [0.25, 0.3) is 5.91 Å². The van der Waals surface area contributed by atoms with Crippen LogP contribution < -0.4 is 16.0 Å². The maximum absolute atomic E-state index is 13.2. The topological polar surface area (TPSA) is 88.1 Å². The fourth-order valence-corrected chi connectivity index (χ4v) is 4.21. The molecule has 0 aliphatic heterocycles. The molecule has 0 radical (unpaired) electrons. The molecule has 2 aromatic heterocycles. The van der Waals surface area contributed by atoms with Crippen LogP contribution in [0.3, 0.4) is 0 Å². The molecule has 9 heteroatoms. The highest BCUT2D eigenvalue weighted by Gasteiger charge is 2.17. The van der Waals surface area contributed by atoms with Gasteiger partial charge in [0.1, 0.15) is 10.6 Å². The second kappa shape index (κ2) is 8.57. The molecule has 2 aromatic carbocycles. The number of hydrogen-bond acceptors (Lipinski definition) is 4. The molecule has 0 saturated carbocycles. The third-order valence-corrected chi connectivity index (χ3v) is 5.83. The Morgan fingerprint density at radius 3 is 2.48 bits per heavy atom. The van der Waals surface area contributed by atoms with Gasteiger partial charge in [-0.3, -0.25) is 9.48 Å². The molecule has 0 fully saturated rings. The number of carbonyl (C=O) groups is 2. The van der Waals surface area contributed by atoms with Gasteiger partial charge < -0.3 is 16.0 Å². The van der Waals surface area contributed by atoms with E-state index in [1.807, 2.05) is 17.7 Å². The van der Waals surface area contributed by atoms with E-state index in [4.69, 9.17) is 0 Å². The number of nitrogens with zero attached hydrogens (tertiary/aromatic N) is 2. The number of benzene rings is 2. The number of urea groups is 1. The van der Waals surface area contributed by atoms with Crippen molar-refractivity contribution in [2.24, 2.45) is 0 Å². The molecule has 7 nitrogen and oxygen atoms in total. The lowest BCUT2D eigenvalue weighted by Crippen LogP contribution is -2.24. The predicted octanol–water partition coefficient (Wildman–Crippen LogP) is 4.60. The highest BCUT2D eigenvalue weighted by molar-refractivity contribution is 7.20. The first-order chi connectivity index (χ1) is 14.9. The maximum atomic E-state index is 13.2. The lowest BCUT2D eigenvalue weighted by atomic mass is 10.2. The zero-order chi connectivity index (χ0) is 22.0. The maximum Gasteiger partial charge on any atom is 0.318 e. The molecule has 0 saturated heterocycles. The average molecular weight is 438 g/mol. The number of nitrogens with one attached hydrogen (secondary N) is 3. The van der Waals surface area contributed by atoms with E-state index in [0.717, 1.165) is 21.5 Å². The Kier molecular flexibility index (Phi) is 5.68. The lowest BCUT2D eigenvalue weighted by Gasteiger charge is -2.08. The van der Waals surface area contributed by atoms with Crippen molar-refractivity contribution >= 4 is 44.9 Å². The summed E-state index contributed by atoms with van der Waals surface area (Å²) in [5.41, 5.74) is 2.88. The second-order valence-electron chi connectivity index (χ2n) is 6.94. The van der Waals surface area contributed by atoms with Crippen LogP contribution in [0.1, 0.15) is 20.9 Å². The molecule has 4 aromatic rings. The molecule has 0 aliphatic carbocycles. The second-order valence-corrected chi connectivity index (χ2v) is 7.97. The van der Waals surface area contributed by atoms with Crippen molar-refractivity contribution in [2.45, 2.75) is 13.5 Å². The van der Waals surface area contributed by atoms with Crippen molar-refractivity contribution in [1.82, 2.24) is 15.1 Å². The zero-order valence-corrected chi connectivity index (χ0v) is 17.7. The third kappa shape index (κ3) is 4.56. The summed E-state index contributed by atoms with van der Waals surface area (Å²) in [6.07, 6.45) is 0. The van der Waals surface area contributed by atoms with E-state index in [1.54, 1.807) is 36.4 Å². The van der Waals surface area contributed by atoms with Gasteiger partial charge in [0.15, 0.2) is 0 Å². The molecular weight excluding hydrogens is 417 g/mol. The Balaban J connectivity index is 1.54. The molecule has 0 bridgehead atoms. The van der Waals surface area contributed by atoms with Crippen LogP contribution in [0.25, 0.3) is 10.2 Å². The minimum Gasteiger partial charge on any atom is -0.341 e. The summed E-state index contributed by atoms with van der Waals surface area (Å²) in [4.78, 5) is 25.7. The largest absolute Gasteiger partial charge is 0.341 e. The Bertz CT molecular complexity index is 1260. The molecule has 4 rings (SSSR count). The summed E-state index contributed by atoms with van der Waals surface area (Å²) < 4.78 is 15.0. The van der Waals surface area contributed by atoms with Crippen molar-refractivity contribution in [1.29, 1.82) is 0 Å². The minimum absolute atomic E-state index is 0.244. The van der Waals surface area contributed by atoms with Crippen LogP contribution in [0.15, 0.2) is 54.6 Å². The Hall–Kier alpha value is -3.72. The van der Waals surface area contributed by atoms with Crippen molar-refractivity contribution < 1.29 is 14.0 Å². The number of halogens is 1. The number of rotatable bonds is 5. The summed E-state index contributed by atoms with van der Waals surface area (Å²) in [5.74, 6) is -0.527. The highest BCUT2D eigenvalue weighted by Crippen LogP contribution is 2.29. The minimum atomic E-state index is -0.339. The van der Waals surface area contributed by atoms with E-state index >= 15 is 0 Å².